The van der Waals surface area contributed by atoms with Crippen molar-refractivity contribution in [2.75, 3.05) is 7.11 Å². The zero-order valence-corrected chi connectivity index (χ0v) is 10.8. The van der Waals surface area contributed by atoms with Gasteiger partial charge in [-0.25, -0.2) is 9.37 Å². The molecule has 1 heterocycles. The van der Waals surface area contributed by atoms with Crippen molar-refractivity contribution in [1.82, 2.24) is 9.97 Å². The largest absolute Gasteiger partial charge is 0.497 e. The maximum Gasteiger partial charge on any atom is 0.140 e. The highest BCUT2D eigenvalue weighted by atomic mass is 35.5. The van der Waals surface area contributed by atoms with E-state index < -0.39 is 0 Å². The Kier molecular flexibility index (Phi) is 2.87. The smallest absolute Gasteiger partial charge is 0.140 e. The normalized spacial score (nSPS) is 10.9. The number of aromatic amines is 1. The zero-order valence-electron chi connectivity index (χ0n) is 10.1. The molecule has 0 saturated carbocycles. The number of aromatic nitrogens is 2. The maximum absolute atomic E-state index is 13.0. The van der Waals surface area contributed by atoms with E-state index in [2.05, 4.69) is 9.97 Å². The molecule has 0 saturated heterocycles. The summed E-state index contributed by atoms with van der Waals surface area (Å²) >= 11 is 6.03. The van der Waals surface area contributed by atoms with E-state index in [4.69, 9.17) is 16.3 Å². The van der Waals surface area contributed by atoms with Crippen LogP contribution in [0.4, 0.5) is 4.39 Å². The first kappa shape index (κ1) is 12.0. The third-order valence-electron chi connectivity index (χ3n) is 2.88. The number of nitrogens with zero attached hydrogens (tertiary/aromatic N) is 1. The molecule has 96 valence electrons. The number of ether oxygens (including phenoxy) is 1. The molecule has 0 unspecified atom stereocenters. The summed E-state index contributed by atoms with van der Waals surface area (Å²) in [4.78, 5) is 7.58. The van der Waals surface area contributed by atoms with Gasteiger partial charge in [0.25, 0.3) is 0 Å². The van der Waals surface area contributed by atoms with Crippen LogP contribution in [0, 0.1) is 5.82 Å². The molecule has 3 rings (SSSR count). The Labute approximate surface area is 114 Å². The predicted octanol–water partition coefficient (Wildman–Crippen LogP) is 4.03. The van der Waals surface area contributed by atoms with Gasteiger partial charge in [0, 0.05) is 11.6 Å². The van der Waals surface area contributed by atoms with E-state index >= 15 is 0 Å². The van der Waals surface area contributed by atoms with Crippen molar-refractivity contribution in [1.29, 1.82) is 0 Å². The lowest BCUT2D eigenvalue weighted by molar-refractivity contribution is 0.415. The lowest BCUT2D eigenvalue weighted by atomic mass is 10.2. The van der Waals surface area contributed by atoms with Gasteiger partial charge in [-0.2, -0.15) is 0 Å². The Morgan fingerprint density at radius 2 is 2.05 bits per heavy atom. The molecular formula is C14H10ClFN2O. The van der Waals surface area contributed by atoms with Crippen molar-refractivity contribution in [3.63, 3.8) is 0 Å². The van der Waals surface area contributed by atoms with E-state index in [-0.39, 0.29) is 5.82 Å². The molecule has 0 aliphatic carbocycles. The summed E-state index contributed by atoms with van der Waals surface area (Å²) in [6.45, 7) is 0. The number of fused-ring (bicyclic) bond motifs is 1. The Hall–Kier alpha value is -2.07. The molecule has 1 N–H and O–H groups in total. The van der Waals surface area contributed by atoms with Crippen LogP contribution in [0.3, 0.4) is 0 Å². The minimum Gasteiger partial charge on any atom is -0.497 e. The van der Waals surface area contributed by atoms with Crippen molar-refractivity contribution >= 4 is 22.6 Å². The highest BCUT2D eigenvalue weighted by Crippen LogP contribution is 2.29. The fraction of sp³-hybridized carbons (Fsp3) is 0.0714. The average molecular weight is 277 g/mol. The molecule has 0 atom stereocenters. The van der Waals surface area contributed by atoms with Gasteiger partial charge in [-0.15, -0.1) is 0 Å². The maximum atomic E-state index is 13.0. The van der Waals surface area contributed by atoms with Crippen LogP contribution in [0.5, 0.6) is 5.75 Å². The monoisotopic (exact) mass is 276 g/mol. The van der Waals surface area contributed by atoms with E-state index in [1.807, 2.05) is 18.2 Å². The molecule has 1 aromatic heterocycles. The SMILES string of the molecule is COc1ccc2nc(-c3ccc(F)cc3Cl)[nH]c2c1. The highest BCUT2D eigenvalue weighted by Gasteiger charge is 2.10. The molecular weight excluding hydrogens is 267 g/mol. The number of rotatable bonds is 2. The Balaban J connectivity index is 2.14. The van der Waals surface area contributed by atoms with Crippen molar-refractivity contribution < 1.29 is 9.13 Å². The van der Waals surface area contributed by atoms with Gasteiger partial charge in [-0.1, -0.05) is 11.6 Å². The third-order valence-corrected chi connectivity index (χ3v) is 3.19. The van der Waals surface area contributed by atoms with Crippen molar-refractivity contribution in [3.05, 3.63) is 47.2 Å². The molecule has 0 aliphatic heterocycles. The van der Waals surface area contributed by atoms with E-state index in [0.717, 1.165) is 16.8 Å². The van der Waals surface area contributed by atoms with Crippen LogP contribution >= 0.6 is 11.6 Å². The minimum atomic E-state index is -0.369. The number of H-pyrrole nitrogens is 1. The lowest BCUT2D eigenvalue weighted by Gasteiger charge is -1.99. The zero-order chi connectivity index (χ0) is 13.4. The second kappa shape index (κ2) is 4.55. The summed E-state index contributed by atoms with van der Waals surface area (Å²) in [5.74, 6) is 0.979. The quantitative estimate of drug-likeness (QED) is 0.767. The molecule has 0 aliphatic rings. The number of nitrogens with one attached hydrogen (secondary N) is 1. The molecule has 0 amide bonds. The molecule has 5 heteroatoms. The molecule has 0 bridgehead atoms. The minimum absolute atomic E-state index is 0.325. The Morgan fingerprint density at radius 1 is 1.21 bits per heavy atom. The van der Waals surface area contributed by atoms with Crippen molar-refractivity contribution in [2.45, 2.75) is 0 Å². The van der Waals surface area contributed by atoms with Gasteiger partial charge in [0.2, 0.25) is 0 Å². The Bertz CT molecular complexity index is 754. The van der Waals surface area contributed by atoms with Gasteiger partial charge in [-0.3, -0.25) is 0 Å². The predicted molar refractivity (Wildman–Crippen MR) is 73.0 cm³/mol. The topological polar surface area (TPSA) is 37.9 Å². The fourth-order valence-electron chi connectivity index (χ4n) is 1.92. The van der Waals surface area contributed by atoms with Gasteiger partial charge in [0.05, 0.1) is 23.2 Å². The van der Waals surface area contributed by atoms with Gasteiger partial charge < -0.3 is 9.72 Å². The first-order chi connectivity index (χ1) is 9.17. The number of halogens is 2. The molecule has 0 radical (unpaired) electrons. The van der Waals surface area contributed by atoms with E-state index in [0.29, 0.717) is 16.4 Å². The van der Waals surface area contributed by atoms with Crippen LogP contribution in [-0.4, -0.2) is 17.1 Å². The van der Waals surface area contributed by atoms with Gasteiger partial charge in [0.15, 0.2) is 0 Å². The van der Waals surface area contributed by atoms with E-state index in [1.165, 1.54) is 12.1 Å². The lowest BCUT2D eigenvalue weighted by Crippen LogP contribution is -1.83. The van der Waals surface area contributed by atoms with Crippen LogP contribution in [0.25, 0.3) is 22.4 Å². The van der Waals surface area contributed by atoms with Crippen molar-refractivity contribution in [2.24, 2.45) is 0 Å². The molecule has 0 fully saturated rings. The van der Waals surface area contributed by atoms with Gasteiger partial charge in [0.1, 0.15) is 17.4 Å². The molecule has 3 nitrogen and oxygen atoms in total. The summed E-state index contributed by atoms with van der Waals surface area (Å²) < 4.78 is 18.2. The second-order valence-corrected chi connectivity index (χ2v) is 4.50. The summed E-state index contributed by atoms with van der Waals surface area (Å²) in [5.41, 5.74) is 2.31. The highest BCUT2D eigenvalue weighted by molar-refractivity contribution is 6.33. The molecule has 2 aromatic carbocycles. The number of methoxy groups -OCH3 is 1. The summed E-state index contributed by atoms with van der Waals surface area (Å²) in [5, 5.41) is 0.325. The number of hydrogen-bond acceptors (Lipinski definition) is 2. The van der Waals surface area contributed by atoms with Crippen molar-refractivity contribution in [3.8, 4) is 17.1 Å². The third kappa shape index (κ3) is 2.15. The first-order valence-electron chi connectivity index (χ1n) is 5.66. The number of benzene rings is 2. The van der Waals surface area contributed by atoms with Crippen LogP contribution in [0.15, 0.2) is 36.4 Å². The van der Waals surface area contributed by atoms with Crippen LogP contribution in [0.1, 0.15) is 0 Å². The van der Waals surface area contributed by atoms with Crippen LogP contribution in [0.2, 0.25) is 5.02 Å². The first-order valence-corrected chi connectivity index (χ1v) is 6.04. The molecule has 19 heavy (non-hydrogen) atoms. The van der Waals surface area contributed by atoms with Crippen LogP contribution < -0.4 is 4.74 Å². The van der Waals surface area contributed by atoms with E-state index in [9.17, 15) is 4.39 Å². The molecule has 3 aromatic rings. The number of hydrogen-bond donors (Lipinski definition) is 1. The van der Waals surface area contributed by atoms with Crippen LogP contribution in [-0.2, 0) is 0 Å². The average Bonchev–Trinajstić information content (AvgIpc) is 2.80. The van der Waals surface area contributed by atoms with Gasteiger partial charge >= 0.3 is 0 Å². The summed E-state index contributed by atoms with van der Waals surface area (Å²) in [7, 11) is 1.61. The standard InChI is InChI=1S/C14H10ClFN2O/c1-19-9-3-5-12-13(7-9)18-14(17-12)10-4-2-8(16)6-11(10)15/h2-7H,1H3,(H,17,18). The number of imidazole rings is 1. The summed E-state index contributed by atoms with van der Waals surface area (Å²) in [6.07, 6.45) is 0. The van der Waals surface area contributed by atoms with Gasteiger partial charge in [-0.05, 0) is 30.3 Å². The molecule has 0 spiro atoms. The van der Waals surface area contributed by atoms with E-state index in [1.54, 1.807) is 13.2 Å². The summed E-state index contributed by atoms with van der Waals surface area (Å²) in [6, 6.07) is 9.76. The fourth-order valence-corrected chi connectivity index (χ4v) is 2.18. The Morgan fingerprint density at radius 3 is 2.79 bits per heavy atom. The second-order valence-electron chi connectivity index (χ2n) is 4.09.